The van der Waals surface area contributed by atoms with Crippen molar-refractivity contribution >= 4 is 11.8 Å². The van der Waals surface area contributed by atoms with Crippen molar-refractivity contribution in [1.82, 2.24) is 15.1 Å². The summed E-state index contributed by atoms with van der Waals surface area (Å²) >= 11 is 0. The first-order valence-corrected chi connectivity index (χ1v) is 7.05. The summed E-state index contributed by atoms with van der Waals surface area (Å²) in [5.74, 6) is 0.0625. The minimum Gasteiger partial charge on any atom is -0.358 e. The van der Waals surface area contributed by atoms with Crippen LogP contribution in [0.5, 0.6) is 0 Å². The van der Waals surface area contributed by atoms with Gasteiger partial charge in [-0.15, -0.1) is 0 Å². The molecule has 6 heteroatoms. The number of piperazine rings is 1. The van der Waals surface area contributed by atoms with Crippen molar-refractivity contribution in [2.45, 2.75) is 32.2 Å². The Labute approximate surface area is 115 Å². The number of hydrogen-bond acceptors (Lipinski definition) is 4. The lowest BCUT2D eigenvalue weighted by Crippen LogP contribution is -2.54. The SMILES string of the molecule is CCCCC(N)C(=O)N1CCN(CC(=O)NC)CC1. The van der Waals surface area contributed by atoms with Crippen LogP contribution in [0.1, 0.15) is 26.2 Å². The van der Waals surface area contributed by atoms with Gasteiger partial charge in [0.05, 0.1) is 12.6 Å². The van der Waals surface area contributed by atoms with Gasteiger partial charge in [-0.1, -0.05) is 19.8 Å². The number of carbonyl (C=O) groups excluding carboxylic acids is 2. The molecule has 2 amide bonds. The predicted molar refractivity (Wildman–Crippen MR) is 74.6 cm³/mol. The van der Waals surface area contributed by atoms with E-state index in [0.717, 1.165) is 32.4 Å². The molecule has 0 aromatic heterocycles. The number of nitrogens with one attached hydrogen (secondary N) is 1. The molecule has 0 aliphatic carbocycles. The first kappa shape index (κ1) is 15.9. The smallest absolute Gasteiger partial charge is 0.239 e. The molecule has 0 radical (unpaired) electrons. The second-order valence-corrected chi connectivity index (χ2v) is 5.02. The number of rotatable bonds is 6. The molecule has 0 aromatic carbocycles. The van der Waals surface area contributed by atoms with E-state index in [-0.39, 0.29) is 17.9 Å². The van der Waals surface area contributed by atoms with Gasteiger partial charge >= 0.3 is 0 Å². The van der Waals surface area contributed by atoms with E-state index in [1.165, 1.54) is 0 Å². The Hall–Kier alpha value is -1.14. The van der Waals surface area contributed by atoms with Gasteiger partial charge in [0.1, 0.15) is 0 Å². The fraction of sp³-hybridized carbons (Fsp3) is 0.846. The van der Waals surface area contributed by atoms with E-state index < -0.39 is 0 Å². The lowest BCUT2D eigenvalue weighted by Gasteiger charge is -2.35. The van der Waals surface area contributed by atoms with Gasteiger partial charge in [-0.05, 0) is 6.42 Å². The van der Waals surface area contributed by atoms with Crippen molar-refractivity contribution in [3.63, 3.8) is 0 Å². The summed E-state index contributed by atoms with van der Waals surface area (Å²) in [5.41, 5.74) is 5.90. The first-order chi connectivity index (χ1) is 9.08. The quantitative estimate of drug-likeness (QED) is 0.675. The third kappa shape index (κ3) is 5.16. The molecule has 0 saturated carbocycles. The van der Waals surface area contributed by atoms with E-state index in [4.69, 9.17) is 5.73 Å². The van der Waals surface area contributed by atoms with Crippen LogP contribution < -0.4 is 11.1 Å². The zero-order valence-corrected chi connectivity index (χ0v) is 12.0. The van der Waals surface area contributed by atoms with Crippen LogP contribution in [-0.2, 0) is 9.59 Å². The maximum absolute atomic E-state index is 12.1. The Balaban J connectivity index is 2.32. The summed E-state index contributed by atoms with van der Waals surface area (Å²) < 4.78 is 0. The van der Waals surface area contributed by atoms with Crippen molar-refractivity contribution in [3.8, 4) is 0 Å². The van der Waals surface area contributed by atoms with Crippen LogP contribution in [0.4, 0.5) is 0 Å². The van der Waals surface area contributed by atoms with Crippen molar-refractivity contribution in [1.29, 1.82) is 0 Å². The third-order valence-corrected chi connectivity index (χ3v) is 3.52. The van der Waals surface area contributed by atoms with E-state index in [1.807, 2.05) is 4.90 Å². The molecule has 1 aliphatic rings. The molecule has 3 N–H and O–H groups in total. The Morgan fingerprint density at radius 3 is 2.42 bits per heavy atom. The number of carbonyl (C=O) groups is 2. The summed E-state index contributed by atoms with van der Waals surface area (Å²) in [5, 5.41) is 2.61. The zero-order valence-electron chi connectivity index (χ0n) is 12.0. The molecule has 0 bridgehead atoms. The molecule has 110 valence electrons. The summed E-state index contributed by atoms with van der Waals surface area (Å²) in [6.07, 6.45) is 2.80. The van der Waals surface area contributed by atoms with Gasteiger partial charge in [0.25, 0.3) is 0 Å². The number of nitrogens with zero attached hydrogens (tertiary/aromatic N) is 2. The minimum atomic E-state index is -0.370. The average Bonchev–Trinajstić information content (AvgIpc) is 2.44. The molecule has 19 heavy (non-hydrogen) atoms. The maximum atomic E-state index is 12.1. The van der Waals surface area contributed by atoms with Gasteiger partial charge < -0.3 is 16.0 Å². The molecular formula is C13H26N4O2. The molecule has 1 rings (SSSR count). The third-order valence-electron chi connectivity index (χ3n) is 3.52. The zero-order chi connectivity index (χ0) is 14.3. The second-order valence-electron chi connectivity index (χ2n) is 5.02. The molecule has 0 spiro atoms. The van der Waals surface area contributed by atoms with Crippen molar-refractivity contribution in [2.24, 2.45) is 5.73 Å². The van der Waals surface area contributed by atoms with E-state index in [9.17, 15) is 9.59 Å². The molecule has 1 atom stereocenters. The molecule has 1 fully saturated rings. The number of unbranched alkanes of at least 4 members (excludes halogenated alkanes) is 1. The highest BCUT2D eigenvalue weighted by molar-refractivity contribution is 5.81. The van der Waals surface area contributed by atoms with Crippen molar-refractivity contribution < 1.29 is 9.59 Å². The standard InChI is InChI=1S/C13H26N4O2/c1-3-4-5-11(14)13(19)17-8-6-16(7-9-17)10-12(18)15-2/h11H,3-10,14H2,1-2H3,(H,15,18). The average molecular weight is 270 g/mol. The summed E-state index contributed by atoms with van der Waals surface area (Å²) in [4.78, 5) is 27.2. The van der Waals surface area contributed by atoms with Crippen LogP contribution in [0, 0.1) is 0 Å². The van der Waals surface area contributed by atoms with Gasteiger partial charge in [0.15, 0.2) is 0 Å². The van der Waals surface area contributed by atoms with Crippen LogP contribution in [0.3, 0.4) is 0 Å². The van der Waals surface area contributed by atoms with Crippen LogP contribution >= 0.6 is 0 Å². The highest BCUT2D eigenvalue weighted by atomic mass is 16.2. The second kappa shape index (κ2) is 8.12. The Morgan fingerprint density at radius 1 is 1.26 bits per heavy atom. The molecular weight excluding hydrogens is 244 g/mol. The molecule has 1 heterocycles. The number of amides is 2. The van der Waals surface area contributed by atoms with E-state index in [1.54, 1.807) is 7.05 Å². The monoisotopic (exact) mass is 270 g/mol. The highest BCUT2D eigenvalue weighted by Crippen LogP contribution is 2.06. The summed E-state index contributed by atoms with van der Waals surface area (Å²) in [6.45, 7) is 5.29. The first-order valence-electron chi connectivity index (χ1n) is 7.05. The Bertz CT molecular complexity index is 301. The van der Waals surface area contributed by atoms with Gasteiger partial charge in [-0.3, -0.25) is 14.5 Å². The summed E-state index contributed by atoms with van der Waals surface area (Å²) in [6, 6.07) is -0.370. The molecule has 6 nitrogen and oxygen atoms in total. The number of hydrogen-bond donors (Lipinski definition) is 2. The van der Waals surface area contributed by atoms with Crippen molar-refractivity contribution in [2.75, 3.05) is 39.8 Å². The van der Waals surface area contributed by atoms with Crippen LogP contribution in [0.15, 0.2) is 0 Å². The number of nitrogens with two attached hydrogens (primary N) is 1. The molecule has 1 saturated heterocycles. The van der Waals surface area contributed by atoms with Gasteiger partial charge in [-0.2, -0.15) is 0 Å². The Kier molecular flexibility index (Phi) is 6.80. The summed E-state index contributed by atoms with van der Waals surface area (Å²) in [7, 11) is 1.63. The normalized spacial score (nSPS) is 18.2. The molecule has 1 unspecified atom stereocenters. The molecule has 0 aromatic rings. The highest BCUT2D eigenvalue weighted by Gasteiger charge is 2.25. The number of likely N-dealkylation sites (N-methyl/N-ethyl adjacent to an activating group) is 1. The topological polar surface area (TPSA) is 78.7 Å². The van der Waals surface area contributed by atoms with Crippen LogP contribution in [0.2, 0.25) is 0 Å². The van der Waals surface area contributed by atoms with E-state index >= 15 is 0 Å². The largest absolute Gasteiger partial charge is 0.358 e. The van der Waals surface area contributed by atoms with E-state index in [2.05, 4.69) is 17.1 Å². The lowest BCUT2D eigenvalue weighted by atomic mass is 10.1. The van der Waals surface area contributed by atoms with Gasteiger partial charge in [-0.25, -0.2) is 0 Å². The lowest BCUT2D eigenvalue weighted by molar-refractivity contribution is -0.134. The minimum absolute atomic E-state index is 0.0134. The van der Waals surface area contributed by atoms with Crippen LogP contribution in [-0.4, -0.2) is 67.4 Å². The predicted octanol–water partition coefficient (Wildman–Crippen LogP) is -0.606. The fourth-order valence-electron chi connectivity index (χ4n) is 2.19. The van der Waals surface area contributed by atoms with Crippen molar-refractivity contribution in [3.05, 3.63) is 0 Å². The van der Waals surface area contributed by atoms with E-state index in [0.29, 0.717) is 19.6 Å². The molecule has 1 aliphatic heterocycles. The van der Waals surface area contributed by atoms with Gasteiger partial charge in [0, 0.05) is 33.2 Å². The maximum Gasteiger partial charge on any atom is 0.239 e. The van der Waals surface area contributed by atoms with Crippen LogP contribution in [0.25, 0.3) is 0 Å². The fourth-order valence-corrected chi connectivity index (χ4v) is 2.19. The Morgan fingerprint density at radius 2 is 1.89 bits per heavy atom. The van der Waals surface area contributed by atoms with Gasteiger partial charge in [0.2, 0.25) is 11.8 Å².